The monoisotopic (exact) mass is 385 g/mol. The van der Waals surface area contributed by atoms with Crippen molar-refractivity contribution in [2.24, 2.45) is 0 Å². The van der Waals surface area contributed by atoms with Crippen LogP contribution in [0, 0.1) is 0 Å². The van der Waals surface area contributed by atoms with Crippen molar-refractivity contribution in [3.8, 4) is 0 Å². The number of para-hydroxylation sites is 1. The van der Waals surface area contributed by atoms with Crippen LogP contribution in [0.25, 0.3) is 10.9 Å². The summed E-state index contributed by atoms with van der Waals surface area (Å²) in [7, 11) is 0. The number of amides is 1. The second-order valence-corrected chi connectivity index (χ2v) is 8.98. The Labute approximate surface area is 164 Å². The molecule has 3 saturated heterocycles. The SMILES string of the molecule is O=C([C@@H]1C[C@H](N2CCC(n3ncc4ccccc43)CC2)CN1)N1CCSC1. The molecule has 1 N–H and O–H groups in total. The molecule has 27 heavy (non-hydrogen) atoms. The van der Waals surface area contributed by atoms with E-state index in [-0.39, 0.29) is 6.04 Å². The molecular formula is C20H27N5OS. The van der Waals surface area contributed by atoms with Gasteiger partial charge in [0.1, 0.15) is 0 Å². The zero-order valence-corrected chi connectivity index (χ0v) is 16.4. The van der Waals surface area contributed by atoms with Gasteiger partial charge in [0.05, 0.1) is 29.7 Å². The van der Waals surface area contributed by atoms with Crippen molar-refractivity contribution < 1.29 is 4.79 Å². The van der Waals surface area contributed by atoms with Gasteiger partial charge in [0, 0.05) is 43.4 Å². The minimum atomic E-state index is 0.0153. The summed E-state index contributed by atoms with van der Waals surface area (Å²) in [6, 6.07) is 9.45. The van der Waals surface area contributed by atoms with Crippen LogP contribution in [-0.2, 0) is 4.79 Å². The third-order valence-corrected chi connectivity index (χ3v) is 7.30. The molecule has 7 heteroatoms. The van der Waals surface area contributed by atoms with Gasteiger partial charge >= 0.3 is 0 Å². The molecule has 0 spiro atoms. The summed E-state index contributed by atoms with van der Waals surface area (Å²) in [6.45, 7) is 4.03. The van der Waals surface area contributed by atoms with Gasteiger partial charge in [-0.1, -0.05) is 18.2 Å². The van der Waals surface area contributed by atoms with Crippen molar-refractivity contribution >= 4 is 28.6 Å². The van der Waals surface area contributed by atoms with Gasteiger partial charge in [0.2, 0.25) is 5.91 Å². The molecule has 6 nitrogen and oxygen atoms in total. The first-order valence-corrected chi connectivity index (χ1v) is 11.2. The Morgan fingerprint density at radius 1 is 1.15 bits per heavy atom. The lowest BCUT2D eigenvalue weighted by Crippen LogP contribution is -2.43. The molecular weight excluding hydrogens is 358 g/mol. The molecule has 0 saturated carbocycles. The van der Waals surface area contributed by atoms with Crippen molar-refractivity contribution in [3.63, 3.8) is 0 Å². The van der Waals surface area contributed by atoms with E-state index in [4.69, 9.17) is 0 Å². The van der Waals surface area contributed by atoms with Crippen LogP contribution in [0.3, 0.4) is 0 Å². The van der Waals surface area contributed by atoms with Crippen LogP contribution in [0.4, 0.5) is 0 Å². The topological polar surface area (TPSA) is 53.4 Å². The number of fused-ring (bicyclic) bond motifs is 1. The van der Waals surface area contributed by atoms with Crippen LogP contribution < -0.4 is 5.32 Å². The van der Waals surface area contributed by atoms with Gasteiger partial charge in [-0.05, 0) is 25.3 Å². The van der Waals surface area contributed by atoms with Crippen LogP contribution in [0.15, 0.2) is 30.5 Å². The van der Waals surface area contributed by atoms with E-state index < -0.39 is 0 Å². The fraction of sp³-hybridized carbons (Fsp3) is 0.600. The van der Waals surface area contributed by atoms with Crippen molar-refractivity contribution in [2.45, 2.75) is 37.4 Å². The molecule has 0 bridgehead atoms. The predicted molar refractivity (Wildman–Crippen MR) is 109 cm³/mol. The van der Waals surface area contributed by atoms with Gasteiger partial charge in [-0.2, -0.15) is 5.10 Å². The minimum Gasteiger partial charge on any atom is -0.331 e. The number of aromatic nitrogens is 2. The van der Waals surface area contributed by atoms with E-state index in [0.29, 0.717) is 18.0 Å². The average molecular weight is 386 g/mol. The van der Waals surface area contributed by atoms with Crippen molar-refractivity contribution in [1.82, 2.24) is 24.9 Å². The van der Waals surface area contributed by atoms with Gasteiger partial charge in [0.25, 0.3) is 0 Å². The first-order valence-electron chi connectivity index (χ1n) is 10.1. The van der Waals surface area contributed by atoms with Crippen molar-refractivity contribution in [3.05, 3.63) is 30.5 Å². The number of carbonyl (C=O) groups is 1. The second kappa shape index (κ2) is 7.45. The minimum absolute atomic E-state index is 0.0153. The average Bonchev–Trinajstić information content (AvgIpc) is 3.48. The maximum atomic E-state index is 12.6. The zero-order valence-electron chi connectivity index (χ0n) is 15.6. The third kappa shape index (κ3) is 3.37. The van der Waals surface area contributed by atoms with E-state index in [2.05, 4.69) is 44.3 Å². The number of thioether (sulfide) groups is 1. The molecule has 1 aromatic heterocycles. The van der Waals surface area contributed by atoms with E-state index in [1.54, 1.807) is 0 Å². The van der Waals surface area contributed by atoms with Crippen LogP contribution in [0.1, 0.15) is 25.3 Å². The Balaban J connectivity index is 1.18. The molecule has 3 fully saturated rings. The summed E-state index contributed by atoms with van der Waals surface area (Å²) in [6.07, 6.45) is 5.19. The lowest BCUT2D eigenvalue weighted by atomic mass is 10.0. The standard InChI is InChI=1S/C20H27N5OS/c26-20(24-9-10-27-14-24)18-11-17(13-21-18)23-7-5-16(6-8-23)25-19-4-2-1-3-15(19)12-22-25/h1-4,12,16-18,21H,5-11,13-14H2/t17-,18-/m0/s1. The zero-order chi connectivity index (χ0) is 18.2. The highest BCUT2D eigenvalue weighted by Crippen LogP contribution is 2.29. The maximum absolute atomic E-state index is 12.6. The summed E-state index contributed by atoms with van der Waals surface area (Å²) < 4.78 is 2.22. The molecule has 3 aliphatic heterocycles. The van der Waals surface area contributed by atoms with E-state index in [1.165, 1.54) is 10.9 Å². The second-order valence-electron chi connectivity index (χ2n) is 7.90. The highest BCUT2D eigenvalue weighted by atomic mass is 32.2. The van der Waals surface area contributed by atoms with Crippen LogP contribution in [0.2, 0.25) is 0 Å². The van der Waals surface area contributed by atoms with E-state index >= 15 is 0 Å². The van der Waals surface area contributed by atoms with Gasteiger partial charge in [-0.15, -0.1) is 11.8 Å². The number of nitrogens with zero attached hydrogens (tertiary/aromatic N) is 4. The van der Waals surface area contributed by atoms with E-state index in [1.807, 2.05) is 22.9 Å². The first kappa shape index (κ1) is 17.5. The fourth-order valence-corrected chi connectivity index (χ4v) is 5.73. The van der Waals surface area contributed by atoms with Crippen LogP contribution >= 0.6 is 11.8 Å². The highest BCUT2D eigenvalue weighted by molar-refractivity contribution is 7.99. The quantitative estimate of drug-likeness (QED) is 0.875. The Kier molecular flexibility index (Phi) is 4.83. The number of carbonyl (C=O) groups excluding carboxylic acids is 1. The van der Waals surface area contributed by atoms with Gasteiger partial charge in [0.15, 0.2) is 0 Å². The maximum Gasteiger partial charge on any atom is 0.240 e. The number of benzene rings is 1. The summed E-state index contributed by atoms with van der Waals surface area (Å²) in [5.74, 6) is 2.25. The highest BCUT2D eigenvalue weighted by Gasteiger charge is 2.37. The van der Waals surface area contributed by atoms with Crippen molar-refractivity contribution in [2.75, 3.05) is 37.8 Å². The van der Waals surface area contributed by atoms with E-state index in [9.17, 15) is 4.79 Å². The molecule has 144 valence electrons. The summed E-state index contributed by atoms with van der Waals surface area (Å²) in [5, 5.41) is 9.36. The molecule has 0 aliphatic carbocycles. The molecule has 3 aliphatic rings. The number of likely N-dealkylation sites (tertiary alicyclic amines) is 1. The van der Waals surface area contributed by atoms with Gasteiger partial charge < -0.3 is 10.2 Å². The summed E-state index contributed by atoms with van der Waals surface area (Å²) in [4.78, 5) is 17.2. The number of hydrogen-bond acceptors (Lipinski definition) is 5. The Morgan fingerprint density at radius 2 is 2.00 bits per heavy atom. The van der Waals surface area contributed by atoms with E-state index in [0.717, 1.165) is 57.1 Å². The van der Waals surface area contributed by atoms with Gasteiger partial charge in [-0.3, -0.25) is 14.4 Å². The Morgan fingerprint density at radius 3 is 2.81 bits per heavy atom. The normalized spacial score (nSPS) is 27.6. The summed E-state index contributed by atoms with van der Waals surface area (Å²) in [5.41, 5.74) is 1.24. The predicted octanol–water partition coefficient (Wildman–Crippen LogP) is 1.94. The fourth-order valence-electron chi connectivity index (χ4n) is 4.77. The molecule has 1 aromatic carbocycles. The first-order chi connectivity index (χ1) is 13.3. The van der Waals surface area contributed by atoms with Crippen LogP contribution in [0.5, 0.6) is 0 Å². The van der Waals surface area contributed by atoms with Gasteiger partial charge in [-0.25, -0.2) is 0 Å². The lowest BCUT2D eigenvalue weighted by molar-refractivity contribution is -0.131. The molecule has 0 unspecified atom stereocenters. The third-order valence-electron chi connectivity index (χ3n) is 6.34. The smallest absolute Gasteiger partial charge is 0.240 e. The largest absolute Gasteiger partial charge is 0.331 e. The molecule has 2 atom stereocenters. The number of nitrogens with one attached hydrogen (secondary N) is 1. The Hall–Kier alpha value is -1.57. The number of rotatable bonds is 3. The molecule has 1 amide bonds. The van der Waals surface area contributed by atoms with Crippen LogP contribution in [-0.4, -0.2) is 75.4 Å². The lowest BCUT2D eigenvalue weighted by Gasteiger charge is -2.36. The molecule has 5 rings (SSSR count). The summed E-state index contributed by atoms with van der Waals surface area (Å²) >= 11 is 1.86. The molecule has 0 radical (unpaired) electrons. The number of piperidine rings is 1. The molecule has 2 aromatic rings. The Bertz CT molecular complexity index is 810. The molecule has 4 heterocycles. The van der Waals surface area contributed by atoms with Crippen molar-refractivity contribution in [1.29, 1.82) is 0 Å². The number of hydrogen-bond donors (Lipinski definition) is 1.